The minimum atomic E-state index is 0.687. The van der Waals surface area contributed by atoms with Gasteiger partial charge in [-0.1, -0.05) is 0 Å². The number of H-pyrrole nitrogens is 1. The third-order valence-electron chi connectivity index (χ3n) is 3.16. The first-order chi connectivity index (χ1) is 7.95. The molecule has 3 nitrogen and oxygen atoms in total. The van der Waals surface area contributed by atoms with E-state index in [1.165, 1.54) is 17.7 Å². The van der Waals surface area contributed by atoms with Crippen molar-refractivity contribution in [2.75, 3.05) is 13.1 Å². The Hall–Kier alpha value is -1.13. The van der Waals surface area contributed by atoms with Crippen LogP contribution in [0.3, 0.4) is 0 Å². The van der Waals surface area contributed by atoms with Crippen molar-refractivity contribution in [2.45, 2.75) is 18.8 Å². The highest BCUT2D eigenvalue weighted by molar-refractivity contribution is 7.10. The van der Waals surface area contributed by atoms with Crippen LogP contribution in [0, 0.1) is 0 Å². The number of hydrogen-bond acceptors (Lipinski definition) is 3. The number of nitrogens with one attached hydrogen (secondary N) is 2. The lowest BCUT2D eigenvalue weighted by Crippen LogP contribution is -2.26. The van der Waals surface area contributed by atoms with Gasteiger partial charge in [0.15, 0.2) is 0 Å². The highest BCUT2D eigenvalue weighted by atomic mass is 32.1. The molecule has 16 heavy (non-hydrogen) atoms. The first-order valence-corrected chi connectivity index (χ1v) is 6.61. The molecule has 1 saturated heterocycles. The Morgan fingerprint density at radius 3 is 2.94 bits per heavy atom. The Labute approximate surface area is 98.9 Å². The average Bonchev–Trinajstić information content (AvgIpc) is 3.01. The summed E-state index contributed by atoms with van der Waals surface area (Å²) in [5.41, 5.74) is 4.27. The van der Waals surface area contributed by atoms with Crippen LogP contribution in [0.25, 0.3) is 11.4 Å². The van der Waals surface area contributed by atoms with Gasteiger partial charge < -0.3 is 10.3 Å². The average molecular weight is 233 g/mol. The molecule has 1 aliphatic rings. The van der Waals surface area contributed by atoms with Crippen molar-refractivity contribution >= 4 is 11.3 Å². The van der Waals surface area contributed by atoms with Gasteiger partial charge in [-0.05, 0) is 44.0 Å². The Bertz CT molecular complexity index is 441. The van der Waals surface area contributed by atoms with Crippen LogP contribution < -0.4 is 5.32 Å². The maximum absolute atomic E-state index is 4.50. The molecule has 84 valence electrons. The van der Waals surface area contributed by atoms with E-state index in [2.05, 4.69) is 21.4 Å². The van der Waals surface area contributed by atoms with Crippen LogP contribution in [0.1, 0.15) is 23.6 Å². The number of aromatic amines is 1. The number of thiazole rings is 1. The molecule has 0 saturated carbocycles. The molecule has 3 heterocycles. The molecule has 0 radical (unpaired) electrons. The van der Waals surface area contributed by atoms with E-state index >= 15 is 0 Å². The quantitative estimate of drug-likeness (QED) is 0.837. The van der Waals surface area contributed by atoms with Gasteiger partial charge in [-0.25, -0.2) is 4.98 Å². The standard InChI is InChI=1S/C12H15N3S/c1-2-10(14-5-1)11-12(16-8-15-11)9-3-6-13-7-4-9/h1-2,5,8-9,13-14H,3-4,6-7H2. The molecule has 2 aromatic heterocycles. The van der Waals surface area contributed by atoms with Crippen LogP contribution in [-0.4, -0.2) is 23.1 Å². The topological polar surface area (TPSA) is 40.7 Å². The van der Waals surface area contributed by atoms with E-state index in [-0.39, 0.29) is 0 Å². The Kier molecular flexibility index (Phi) is 2.76. The number of aromatic nitrogens is 2. The molecule has 2 aromatic rings. The third-order valence-corrected chi connectivity index (χ3v) is 4.15. The SMILES string of the molecule is c1c[nH]c(-c2ncsc2C2CCNCC2)c1. The summed E-state index contributed by atoms with van der Waals surface area (Å²) in [6, 6.07) is 4.13. The molecule has 0 aliphatic carbocycles. The van der Waals surface area contributed by atoms with Gasteiger partial charge in [0.2, 0.25) is 0 Å². The zero-order valence-corrected chi connectivity index (χ0v) is 9.89. The van der Waals surface area contributed by atoms with Crippen molar-refractivity contribution in [1.82, 2.24) is 15.3 Å². The first-order valence-electron chi connectivity index (χ1n) is 5.73. The highest BCUT2D eigenvalue weighted by Crippen LogP contribution is 2.35. The van der Waals surface area contributed by atoms with E-state index in [9.17, 15) is 0 Å². The molecule has 1 aliphatic heterocycles. The fourth-order valence-corrected chi connectivity index (χ4v) is 3.28. The van der Waals surface area contributed by atoms with Gasteiger partial charge >= 0.3 is 0 Å². The predicted molar refractivity (Wildman–Crippen MR) is 66.7 cm³/mol. The Balaban J connectivity index is 1.92. The largest absolute Gasteiger partial charge is 0.360 e. The number of hydrogen-bond donors (Lipinski definition) is 2. The van der Waals surface area contributed by atoms with Crippen molar-refractivity contribution in [2.24, 2.45) is 0 Å². The Morgan fingerprint density at radius 2 is 2.19 bits per heavy atom. The highest BCUT2D eigenvalue weighted by Gasteiger charge is 2.21. The summed E-state index contributed by atoms with van der Waals surface area (Å²) >= 11 is 1.80. The molecular weight excluding hydrogens is 218 g/mol. The molecular formula is C12H15N3S. The van der Waals surface area contributed by atoms with Crippen molar-refractivity contribution in [3.63, 3.8) is 0 Å². The second-order valence-corrected chi connectivity index (χ2v) is 5.06. The third kappa shape index (κ3) is 1.79. The molecule has 2 N–H and O–H groups in total. The number of rotatable bonds is 2. The van der Waals surface area contributed by atoms with Crippen LogP contribution in [0.5, 0.6) is 0 Å². The van der Waals surface area contributed by atoms with E-state index in [0.29, 0.717) is 5.92 Å². The van der Waals surface area contributed by atoms with Crippen LogP contribution in [-0.2, 0) is 0 Å². The van der Waals surface area contributed by atoms with E-state index < -0.39 is 0 Å². The zero-order valence-electron chi connectivity index (χ0n) is 9.07. The van der Waals surface area contributed by atoms with E-state index in [1.54, 1.807) is 11.3 Å². The molecule has 0 aromatic carbocycles. The summed E-state index contributed by atoms with van der Waals surface area (Å²) in [5.74, 6) is 0.687. The van der Waals surface area contributed by atoms with Crippen LogP contribution in [0.2, 0.25) is 0 Å². The lowest BCUT2D eigenvalue weighted by atomic mass is 9.95. The monoisotopic (exact) mass is 233 g/mol. The molecule has 3 rings (SSSR count). The summed E-state index contributed by atoms with van der Waals surface area (Å²) < 4.78 is 0. The van der Waals surface area contributed by atoms with Crippen molar-refractivity contribution < 1.29 is 0 Å². The minimum absolute atomic E-state index is 0.687. The molecule has 4 heteroatoms. The van der Waals surface area contributed by atoms with Gasteiger partial charge in [-0.15, -0.1) is 11.3 Å². The molecule has 0 atom stereocenters. The maximum Gasteiger partial charge on any atom is 0.101 e. The summed E-state index contributed by atoms with van der Waals surface area (Å²) in [4.78, 5) is 9.20. The lowest BCUT2D eigenvalue weighted by molar-refractivity contribution is 0.465. The molecule has 0 amide bonds. The summed E-state index contributed by atoms with van der Waals surface area (Å²) in [7, 11) is 0. The zero-order chi connectivity index (χ0) is 10.8. The van der Waals surface area contributed by atoms with Crippen molar-refractivity contribution in [1.29, 1.82) is 0 Å². The second kappa shape index (κ2) is 4.39. The first kappa shape index (κ1) is 10.1. The fourth-order valence-electron chi connectivity index (χ4n) is 2.31. The number of nitrogens with zero attached hydrogens (tertiary/aromatic N) is 1. The summed E-state index contributed by atoms with van der Waals surface area (Å²) in [6.07, 6.45) is 4.42. The number of piperidine rings is 1. The normalized spacial score (nSPS) is 17.8. The van der Waals surface area contributed by atoms with Crippen LogP contribution in [0.4, 0.5) is 0 Å². The van der Waals surface area contributed by atoms with Gasteiger partial charge in [0.05, 0.1) is 11.2 Å². The van der Waals surface area contributed by atoms with E-state index in [0.717, 1.165) is 24.5 Å². The van der Waals surface area contributed by atoms with E-state index in [4.69, 9.17) is 0 Å². The van der Waals surface area contributed by atoms with Gasteiger partial charge in [0.25, 0.3) is 0 Å². The summed E-state index contributed by atoms with van der Waals surface area (Å²) in [6.45, 7) is 2.26. The molecule has 0 bridgehead atoms. The van der Waals surface area contributed by atoms with Gasteiger partial charge in [0, 0.05) is 11.1 Å². The van der Waals surface area contributed by atoms with E-state index in [1.807, 2.05) is 17.8 Å². The van der Waals surface area contributed by atoms with Crippen LogP contribution in [0.15, 0.2) is 23.8 Å². The maximum atomic E-state index is 4.50. The van der Waals surface area contributed by atoms with Gasteiger partial charge in [-0.3, -0.25) is 0 Å². The molecule has 0 spiro atoms. The smallest absolute Gasteiger partial charge is 0.101 e. The van der Waals surface area contributed by atoms with Crippen LogP contribution >= 0.6 is 11.3 Å². The predicted octanol–water partition coefficient (Wildman–Crippen LogP) is 2.61. The Morgan fingerprint density at radius 1 is 1.31 bits per heavy atom. The molecule has 0 unspecified atom stereocenters. The second-order valence-electron chi connectivity index (χ2n) is 4.17. The van der Waals surface area contributed by atoms with Crippen molar-refractivity contribution in [3.8, 4) is 11.4 Å². The van der Waals surface area contributed by atoms with Crippen molar-refractivity contribution in [3.05, 3.63) is 28.7 Å². The minimum Gasteiger partial charge on any atom is -0.360 e. The summed E-state index contributed by atoms with van der Waals surface area (Å²) in [5, 5.41) is 3.41. The van der Waals surface area contributed by atoms with Gasteiger partial charge in [0.1, 0.15) is 5.69 Å². The van der Waals surface area contributed by atoms with Gasteiger partial charge in [-0.2, -0.15) is 0 Å². The fraction of sp³-hybridized carbons (Fsp3) is 0.417. The molecule has 1 fully saturated rings. The lowest BCUT2D eigenvalue weighted by Gasteiger charge is -2.22.